The van der Waals surface area contributed by atoms with Gasteiger partial charge in [0.1, 0.15) is 11.5 Å². The Morgan fingerprint density at radius 2 is 1.74 bits per heavy atom. The van der Waals surface area contributed by atoms with E-state index in [1.54, 1.807) is 18.2 Å². The Balaban J connectivity index is 1.53. The highest BCUT2D eigenvalue weighted by molar-refractivity contribution is 7.22. The molecule has 0 unspecified atom stereocenters. The van der Waals surface area contributed by atoms with Gasteiger partial charge in [-0.2, -0.15) is 0 Å². The lowest BCUT2D eigenvalue weighted by atomic mass is 10.2. The number of rotatable bonds is 6. The number of nitrogens with zero attached hydrogens (tertiary/aromatic N) is 1. The standard InChI is InChI=1S/C18H18N4O4S/c1-25-12-7-11(8-13(9-12)26-2)17(24)22-21-16(23)10-19-18-20-14-5-3-4-6-15(14)27-18/h3-9H,10H2,1-2H3,(H,19,20)(H,21,23)(H,22,24). The lowest BCUT2D eigenvalue weighted by Crippen LogP contribution is -2.44. The zero-order chi connectivity index (χ0) is 19.2. The predicted molar refractivity (Wildman–Crippen MR) is 103 cm³/mol. The molecule has 0 aliphatic carbocycles. The lowest BCUT2D eigenvalue weighted by Gasteiger charge is -2.10. The first kappa shape index (κ1) is 18.5. The van der Waals surface area contributed by atoms with E-state index >= 15 is 0 Å². The number of fused-ring (bicyclic) bond motifs is 1. The van der Waals surface area contributed by atoms with Crippen molar-refractivity contribution in [1.82, 2.24) is 15.8 Å². The number of carbonyl (C=O) groups is 2. The Kier molecular flexibility index (Phi) is 5.72. The highest BCUT2D eigenvalue weighted by atomic mass is 32.1. The van der Waals surface area contributed by atoms with Gasteiger partial charge in [0, 0.05) is 11.6 Å². The van der Waals surface area contributed by atoms with Gasteiger partial charge in [-0.1, -0.05) is 23.5 Å². The number of carbonyl (C=O) groups excluding carboxylic acids is 2. The topological polar surface area (TPSA) is 102 Å². The molecule has 2 amide bonds. The summed E-state index contributed by atoms with van der Waals surface area (Å²) in [5, 5.41) is 3.57. The summed E-state index contributed by atoms with van der Waals surface area (Å²) in [5.41, 5.74) is 5.87. The van der Waals surface area contributed by atoms with Crippen molar-refractivity contribution in [3.63, 3.8) is 0 Å². The molecule has 0 saturated heterocycles. The summed E-state index contributed by atoms with van der Waals surface area (Å²) < 4.78 is 11.3. The van der Waals surface area contributed by atoms with Crippen LogP contribution < -0.4 is 25.6 Å². The summed E-state index contributed by atoms with van der Waals surface area (Å²) in [6, 6.07) is 12.4. The number of thiazole rings is 1. The van der Waals surface area contributed by atoms with Crippen LogP contribution in [-0.2, 0) is 4.79 Å². The number of amides is 2. The first-order valence-electron chi connectivity index (χ1n) is 8.00. The molecule has 0 radical (unpaired) electrons. The molecular weight excluding hydrogens is 368 g/mol. The fourth-order valence-corrected chi connectivity index (χ4v) is 3.15. The maximum atomic E-state index is 12.2. The largest absolute Gasteiger partial charge is 0.497 e. The van der Waals surface area contributed by atoms with Crippen LogP contribution in [0.2, 0.25) is 0 Å². The second-order valence-electron chi connectivity index (χ2n) is 5.44. The van der Waals surface area contributed by atoms with Gasteiger partial charge in [0.2, 0.25) is 0 Å². The average molecular weight is 386 g/mol. The molecule has 0 aliphatic heterocycles. The number of hydrazine groups is 1. The van der Waals surface area contributed by atoms with Crippen molar-refractivity contribution in [3.05, 3.63) is 48.0 Å². The van der Waals surface area contributed by atoms with Crippen molar-refractivity contribution in [2.24, 2.45) is 0 Å². The number of aromatic nitrogens is 1. The molecule has 0 atom stereocenters. The third-order valence-electron chi connectivity index (χ3n) is 3.62. The molecule has 9 heteroatoms. The fraction of sp³-hybridized carbons (Fsp3) is 0.167. The van der Waals surface area contributed by atoms with Crippen molar-refractivity contribution in [2.45, 2.75) is 0 Å². The molecule has 8 nitrogen and oxygen atoms in total. The molecular formula is C18H18N4O4S. The van der Waals surface area contributed by atoms with E-state index in [0.717, 1.165) is 10.2 Å². The van der Waals surface area contributed by atoms with E-state index in [-0.39, 0.29) is 6.54 Å². The number of para-hydroxylation sites is 1. The Morgan fingerprint density at radius 1 is 1.04 bits per heavy atom. The van der Waals surface area contributed by atoms with Crippen molar-refractivity contribution in [2.75, 3.05) is 26.1 Å². The summed E-state index contributed by atoms with van der Waals surface area (Å²) in [6.45, 7) is -0.0263. The van der Waals surface area contributed by atoms with Crippen LogP contribution in [0.5, 0.6) is 11.5 Å². The van der Waals surface area contributed by atoms with Gasteiger partial charge in [-0.05, 0) is 24.3 Å². The maximum Gasteiger partial charge on any atom is 0.269 e. The zero-order valence-electron chi connectivity index (χ0n) is 14.7. The van der Waals surface area contributed by atoms with Crippen molar-refractivity contribution in [1.29, 1.82) is 0 Å². The molecule has 0 aliphatic rings. The van der Waals surface area contributed by atoms with Crippen molar-refractivity contribution >= 4 is 38.5 Å². The molecule has 27 heavy (non-hydrogen) atoms. The molecule has 140 valence electrons. The van der Waals surface area contributed by atoms with E-state index in [9.17, 15) is 9.59 Å². The Labute approximate surface area is 159 Å². The summed E-state index contributed by atoms with van der Waals surface area (Å²) in [5.74, 6) is 0.0599. The zero-order valence-corrected chi connectivity index (χ0v) is 15.6. The highest BCUT2D eigenvalue weighted by Crippen LogP contribution is 2.25. The Bertz CT molecular complexity index is 918. The summed E-state index contributed by atoms with van der Waals surface area (Å²) in [6.07, 6.45) is 0. The summed E-state index contributed by atoms with van der Waals surface area (Å²) >= 11 is 1.45. The van der Waals surface area contributed by atoms with Crippen molar-refractivity contribution in [3.8, 4) is 11.5 Å². The lowest BCUT2D eigenvalue weighted by molar-refractivity contribution is -0.120. The van der Waals surface area contributed by atoms with Crippen LogP contribution in [0, 0.1) is 0 Å². The second-order valence-corrected chi connectivity index (χ2v) is 6.47. The van der Waals surface area contributed by atoms with E-state index < -0.39 is 11.8 Å². The number of hydrogen-bond donors (Lipinski definition) is 3. The van der Waals surface area contributed by atoms with Crippen LogP contribution in [-0.4, -0.2) is 37.6 Å². The quantitative estimate of drug-likeness (QED) is 0.562. The maximum absolute atomic E-state index is 12.2. The van der Waals surface area contributed by atoms with Gasteiger partial charge < -0.3 is 14.8 Å². The van der Waals surface area contributed by atoms with Gasteiger partial charge in [-0.15, -0.1) is 0 Å². The van der Waals surface area contributed by atoms with Crippen molar-refractivity contribution < 1.29 is 19.1 Å². The van der Waals surface area contributed by atoms with E-state index in [1.807, 2.05) is 24.3 Å². The molecule has 3 N–H and O–H groups in total. The molecule has 0 saturated carbocycles. The van der Waals surface area contributed by atoms with Gasteiger partial charge >= 0.3 is 0 Å². The molecule has 0 bridgehead atoms. The molecule has 0 fully saturated rings. The van der Waals surface area contributed by atoms with Crippen LogP contribution in [0.15, 0.2) is 42.5 Å². The van der Waals surface area contributed by atoms with Gasteiger partial charge in [0.25, 0.3) is 11.8 Å². The normalized spacial score (nSPS) is 10.3. The molecule has 1 aromatic heterocycles. The molecule has 3 aromatic rings. The van der Waals surface area contributed by atoms with Crippen LogP contribution in [0.4, 0.5) is 5.13 Å². The van der Waals surface area contributed by atoms with Gasteiger partial charge in [0.15, 0.2) is 5.13 Å². The number of hydrogen-bond acceptors (Lipinski definition) is 7. The van der Waals surface area contributed by atoms with Crippen LogP contribution in [0.25, 0.3) is 10.2 Å². The van der Waals surface area contributed by atoms with E-state index in [2.05, 4.69) is 21.2 Å². The second kappa shape index (κ2) is 8.37. The van der Waals surface area contributed by atoms with Crippen LogP contribution >= 0.6 is 11.3 Å². The third kappa shape index (κ3) is 4.64. The van der Waals surface area contributed by atoms with Gasteiger partial charge in [-0.3, -0.25) is 20.4 Å². The minimum atomic E-state index is -0.486. The SMILES string of the molecule is COc1cc(OC)cc(C(=O)NNC(=O)CNc2nc3ccccc3s2)c1. The summed E-state index contributed by atoms with van der Waals surface area (Å²) in [7, 11) is 2.98. The monoisotopic (exact) mass is 386 g/mol. The predicted octanol–water partition coefficient (Wildman–Crippen LogP) is 2.19. The minimum Gasteiger partial charge on any atom is -0.497 e. The first-order valence-corrected chi connectivity index (χ1v) is 8.82. The fourth-order valence-electron chi connectivity index (χ4n) is 2.29. The Hall–Kier alpha value is -3.33. The first-order chi connectivity index (χ1) is 13.1. The smallest absolute Gasteiger partial charge is 0.269 e. The molecule has 1 heterocycles. The number of anilines is 1. The Morgan fingerprint density at radius 3 is 2.41 bits per heavy atom. The molecule has 0 spiro atoms. The number of methoxy groups -OCH3 is 2. The molecule has 2 aromatic carbocycles. The summed E-state index contributed by atoms with van der Waals surface area (Å²) in [4.78, 5) is 28.5. The minimum absolute atomic E-state index is 0.0263. The number of nitrogens with one attached hydrogen (secondary N) is 3. The van der Waals surface area contributed by atoms with E-state index in [4.69, 9.17) is 9.47 Å². The molecule has 3 rings (SSSR count). The number of ether oxygens (including phenoxy) is 2. The number of benzene rings is 2. The van der Waals surface area contributed by atoms with Gasteiger partial charge in [0.05, 0.1) is 31.0 Å². The van der Waals surface area contributed by atoms with E-state index in [1.165, 1.54) is 25.6 Å². The average Bonchev–Trinajstić information content (AvgIpc) is 3.13. The van der Waals surface area contributed by atoms with E-state index in [0.29, 0.717) is 22.2 Å². The van der Waals surface area contributed by atoms with Crippen LogP contribution in [0.3, 0.4) is 0 Å². The van der Waals surface area contributed by atoms with Crippen LogP contribution in [0.1, 0.15) is 10.4 Å². The highest BCUT2D eigenvalue weighted by Gasteiger charge is 2.11. The third-order valence-corrected chi connectivity index (χ3v) is 4.62. The van der Waals surface area contributed by atoms with Gasteiger partial charge in [-0.25, -0.2) is 4.98 Å².